The van der Waals surface area contributed by atoms with Gasteiger partial charge in [0.05, 0.1) is 12.7 Å². The fourth-order valence-electron chi connectivity index (χ4n) is 1.29. The molecule has 0 aromatic rings. The van der Waals surface area contributed by atoms with Crippen LogP contribution in [-0.4, -0.2) is 25.3 Å². The Hall–Kier alpha value is 0.210. The first-order chi connectivity index (χ1) is 3.45. The largest absolute Gasteiger partial charge is 0.375 e. The molecule has 48 valence electrons. The Morgan fingerprint density at radius 2 is 2.38 bits per heavy atom. The van der Waals surface area contributed by atoms with Gasteiger partial charge in [0.15, 0.2) is 0 Å². The molecule has 3 heteroatoms. The Balaban J connectivity index is 0.000000320. The van der Waals surface area contributed by atoms with E-state index in [9.17, 15) is 0 Å². The number of morpholine rings is 1. The van der Waals surface area contributed by atoms with E-state index in [1.807, 2.05) is 0 Å². The molecule has 0 aromatic heterocycles. The third-order valence-electron chi connectivity index (χ3n) is 1.71. The topological polar surface area (TPSA) is 21.3 Å². The van der Waals surface area contributed by atoms with Crippen molar-refractivity contribution in [3.63, 3.8) is 0 Å². The van der Waals surface area contributed by atoms with E-state index in [1.165, 1.54) is 6.42 Å². The van der Waals surface area contributed by atoms with Gasteiger partial charge in [-0.05, 0) is 6.42 Å². The van der Waals surface area contributed by atoms with E-state index in [1.54, 1.807) is 0 Å². The van der Waals surface area contributed by atoms with Crippen molar-refractivity contribution in [3.05, 3.63) is 0 Å². The SMILES string of the molecule is C1O[C@H]2CN[C@@H]1C2.Cl. The normalized spacial score (nSPS) is 42.0. The molecule has 2 aliphatic heterocycles. The molecule has 2 saturated heterocycles. The molecule has 2 aliphatic rings. The molecule has 2 bridgehead atoms. The Labute approximate surface area is 55.0 Å². The minimum Gasteiger partial charge on any atom is -0.375 e. The number of nitrogens with one attached hydrogen (secondary N) is 1. The average molecular weight is 136 g/mol. The van der Waals surface area contributed by atoms with Crippen LogP contribution in [0.4, 0.5) is 0 Å². The van der Waals surface area contributed by atoms with Gasteiger partial charge in [-0.15, -0.1) is 12.4 Å². The second-order valence-electron chi connectivity index (χ2n) is 2.30. The fourth-order valence-corrected chi connectivity index (χ4v) is 1.29. The van der Waals surface area contributed by atoms with Crippen molar-refractivity contribution in [2.45, 2.75) is 18.6 Å². The summed E-state index contributed by atoms with van der Waals surface area (Å²) in [7, 11) is 0. The lowest BCUT2D eigenvalue weighted by atomic mass is 10.3. The summed E-state index contributed by atoms with van der Waals surface area (Å²) in [5, 5.41) is 3.33. The van der Waals surface area contributed by atoms with Crippen molar-refractivity contribution in [1.29, 1.82) is 0 Å². The van der Waals surface area contributed by atoms with E-state index in [0.29, 0.717) is 12.1 Å². The monoisotopic (exact) mass is 135 g/mol. The van der Waals surface area contributed by atoms with Gasteiger partial charge in [0.1, 0.15) is 0 Å². The number of rotatable bonds is 0. The van der Waals surface area contributed by atoms with Crippen molar-refractivity contribution in [2.24, 2.45) is 0 Å². The Bertz CT molecular complexity index is 70.5. The molecule has 0 aliphatic carbocycles. The summed E-state index contributed by atoms with van der Waals surface area (Å²) in [5.41, 5.74) is 0. The third-order valence-corrected chi connectivity index (χ3v) is 1.71. The first-order valence-corrected chi connectivity index (χ1v) is 2.80. The molecule has 2 fully saturated rings. The number of hydrogen-bond donors (Lipinski definition) is 1. The highest BCUT2D eigenvalue weighted by molar-refractivity contribution is 5.85. The van der Waals surface area contributed by atoms with Gasteiger partial charge in [0.2, 0.25) is 0 Å². The molecule has 0 spiro atoms. The van der Waals surface area contributed by atoms with Crippen LogP contribution in [-0.2, 0) is 4.74 Å². The summed E-state index contributed by atoms with van der Waals surface area (Å²) in [6, 6.07) is 0.699. The number of fused-ring (bicyclic) bond motifs is 2. The van der Waals surface area contributed by atoms with Crippen LogP contribution in [0.25, 0.3) is 0 Å². The van der Waals surface area contributed by atoms with Crippen LogP contribution < -0.4 is 5.32 Å². The summed E-state index contributed by atoms with van der Waals surface area (Å²) in [4.78, 5) is 0. The van der Waals surface area contributed by atoms with E-state index in [-0.39, 0.29) is 12.4 Å². The minimum atomic E-state index is 0. The van der Waals surface area contributed by atoms with Crippen LogP contribution in [0.2, 0.25) is 0 Å². The predicted octanol–water partition coefficient (Wildman–Crippen LogP) is 0.169. The van der Waals surface area contributed by atoms with Crippen molar-refractivity contribution in [3.8, 4) is 0 Å². The Kier molecular flexibility index (Phi) is 1.75. The molecule has 0 radical (unpaired) electrons. The maximum atomic E-state index is 5.29. The van der Waals surface area contributed by atoms with Gasteiger partial charge in [-0.2, -0.15) is 0 Å². The van der Waals surface area contributed by atoms with Gasteiger partial charge < -0.3 is 10.1 Å². The number of halogens is 1. The summed E-state index contributed by atoms with van der Waals surface area (Å²) < 4.78 is 5.29. The van der Waals surface area contributed by atoms with Gasteiger partial charge in [0.25, 0.3) is 0 Å². The zero-order valence-electron chi connectivity index (χ0n) is 4.59. The Morgan fingerprint density at radius 1 is 1.50 bits per heavy atom. The maximum absolute atomic E-state index is 5.29. The lowest BCUT2D eigenvalue weighted by Crippen LogP contribution is -2.30. The number of ether oxygens (including phenoxy) is 1. The van der Waals surface area contributed by atoms with Crippen LogP contribution >= 0.6 is 12.4 Å². The molecule has 2 atom stereocenters. The van der Waals surface area contributed by atoms with E-state index in [2.05, 4.69) is 5.32 Å². The first-order valence-electron chi connectivity index (χ1n) is 2.80. The van der Waals surface area contributed by atoms with Gasteiger partial charge in [-0.1, -0.05) is 0 Å². The fraction of sp³-hybridized carbons (Fsp3) is 1.00. The summed E-state index contributed by atoms with van der Waals surface area (Å²) >= 11 is 0. The molecule has 2 heterocycles. The van der Waals surface area contributed by atoms with Crippen LogP contribution in [0.5, 0.6) is 0 Å². The lowest BCUT2D eigenvalue weighted by molar-refractivity contribution is 0.0892. The predicted molar refractivity (Wildman–Crippen MR) is 33.4 cm³/mol. The minimum absolute atomic E-state index is 0. The van der Waals surface area contributed by atoms with Crippen LogP contribution in [0.3, 0.4) is 0 Å². The van der Waals surface area contributed by atoms with Gasteiger partial charge in [-0.25, -0.2) is 0 Å². The first kappa shape index (κ1) is 6.33. The van der Waals surface area contributed by atoms with Crippen molar-refractivity contribution < 1.29 is 4.74 Å². The molecular formula is C5H10ClNO. The molecule has 2 rings (SSSR count). The quantitative estimate of drug-likeness (QED) is 0.511. The van der Waals surface area contributed by atoms with E-state index < -0.39 is 0 Å². The second-order valence-corrected chi connectivity index (χ2v) is 2.30. The highest BCUT2D eigenvalue weighted by Crippen LogP contribution is 2.17. The average Bonchev–Trinajstić information content (AvgIpc) is 2.22. The van der Waals surface area contributed by atoms with Crippen LogP contribution in [0.15, 0.2) is 0 Å². The van der Waals surface area contributed by atoms with Gasteiger partial charge >= 0.3 is 0 Å². The van der Waals surface area contributed by atoms with E-state index in [4.69, 9.17) is 4.74 Å². The maximum Gasteiger partial charge on any atom is 0.0716 e. The smallest absolute Gasteiger partial charge is 0.0716 e. The van der Waals surface area contributed by atoms with Crippen LogP contribution in [0.1, 0.15) is 6.42 Å². The molecular weight excluding hydrogens is 126 g/mol. The molecule has 0 aromatic carbocycles. The molecule has 2 nitrogen and oxygen atoms in total. The van der Waals surface area contributed by atoms with Gasteiger partial charge in [-0.3, -0.25) is 0 Å². The standard InChI is InChI=1S/C5H9NO.ClH/c1-4-3-7-5(1)2-6-4;/h4-6H,1-3H2;1H/t4-,5-;/m1./s1. The van der Waals surface area contributed by atoms with Crippen molar-refractivity contribution >= 4 is 12.4 Å². The molecule has 0 saturated carbocycles. The Morgan fingerprint density at radius 3 is 2.50 bits per heavy atom. The molecule has 8 heavy (non-hydrogen) atoms. The molecule has 0 amide bonds. The highest BCUT2D eigenvalue weighted by Gasteiger charge is 2.31. The third kappa shape index (κ3) is 0.835. The second kappa shape index (κ2) is 2.21. The zero-order valence-corrected chi connectivity index (χ0v) is 5.41. The number of hydrogen-bond acceptors (Lipinski definition) is 2. The van der Waals surface area contributed by atoms with Crippen LogP contribution in [0, 0.1) is 0 Å². The molecule has 0 unspecified atom stereocenters. The van der Waals surface area contributed by atoms with Gasteiger partial charge in [0, 0.05) is 12.6 Å². The highest BCUT2D eigenvalue weighted by atomic mass is 35.5. The van der Waals surface area contributed by atoms with E-state index in [0.717, 1.165) is 13.2 Å². The zero-order chi connectivity index (χ0) is 4.69. The van der Waals surface area contributed by atoms with Crippen molar-refractivity contribution in [2.75, 3.05) is 13.2 Å². The summed E-state index contributed by atoms with van der Waals surface area (Å²) in [6.07, 6.45) is 1.81. The molecule has 1 N–H and O–H groups in total. The summed E-state index contributed by atoms with van der Waals surface area (Å²) in [5.74, 6) is 0. The van der Waals surface area contributed by atoms with Crippen molar-refractivity contribution in [1.82, 2.24) is 5.32 Å². The van der Waals surface area contributed by atoms with E-state index >= 15 is 0 Å². The summed E-state index contributed by atoms with van der Waals surface area (Å²) in [6.45, 7) is 2.04. The lowest BCUT2D eigenvalue weighted by Gasteiger charge is -2.09.